The van der Waals surface area contributed by atoms with Crippen LogP contribution in [0, 0.1) is 0 Å². The van der Waals surface area contributed by atoms with Crippen LogP contribution < -0.4 is 0 Å². The lowest BCUT2D eigenvalue weighted by molar-refractivity contribution is -0.140. The molecule has 0 aliphatic heterocycles. The molecule has 0 saturated heterocycles. The molecule has 0 unspecified atom stereocenters. The van der Waals surface area contributed by atoms with E-state index in [4.69, 9.17) is 9.47 Å². The molecule has 0 radical (unpaired) electrons. The molecule has 0 saturated carbocycles. The molecule has 0 aromatic heterocycles. The van der Waals surface area contributed by atoms with Gasteiger partial charge in [-0.3, -0.25) is 0 Å². The molecule has 8 heteroatoms. The van der Waals surface area contributed by atoms with Crippen molar-refractivity contribution in [3.8, 4) is 0 Å². The molecule has 31 heavy (non-hydrogen) atoms. The first-order valence-corrected chi connectivity index (χ1v) is 9.66. The highest BCUT2D eigenvalue weighted by molar-refractivity contribution is 5.87. The van der Waals surface area contributed by atoms with Crippen molar-refractivity contribution in [1.82, 2.24) is 0 Å². The van der Waals surface area contributed by atoms with E-state index < -0.39 is 11.9 Å². The van der Waals surface area contributed by atoms with E-state index in [1.54, 1.807) is 25.3 Å². The van der Waals surface area contributed by atoms with Crippen molar-refractivity contribution in [2.45, 2.75) is 12.8 Å². The fourth-order valence-electron chi connectivity index (χ4n) is 2.29. The lowest BCUT2D eigenvalue weighted by Gasteiger charge is -2.03. The minimum absolute atomic E-state index is 0.260. The van der Waals surface area contributed by atoms with Gasteiger partial charge in [0.1, 0.15) is 0 Å². The summed E-state index contributed by atoms with van der Waals surface area (Å²) in [5, 5.41) is 16.0. The topological polar surface area (TPSA) is 102 Å². The summed E-state index contributed by atoms with van der Waals surface area (Å²) in [5.41, 5.74) is 2.99. The molecule has 0 N–H and O–H groups in total. The van der Waals surface area contributed by atoms with Crippen LogP contribution in [0.5, 0.6) is 0 Å². The van der Waals surface area contributed by atoms with Crippen LogP contribution in [0.1, 0.15) is 18.4 Å². The summed E-state index contributed by atoms with van der Waals surface area (Å²) in [4.78, 5) is 22.6. The molecule has 160 valence electrons. The molecule has 0 amide bonds. The maximum absolute atomic E-state index is 11.7. The van der Waals surface area contributed by atoms with Crippen molar-refractivity contribution in [2.24, 2.45) is 20.5 Å². The zero-order chi connectivity index (χ0) is 22.3. The third-order valence-corrected chi connectivity index (χ3v) is 3.85. The number of azo groups is 2. The van der Waals surface area contributed by atoms with Crippen molar-refractivity contribution >= 4 is 35.1 Å². The first-order valence-electron chi connectivity index (χ1n) is 9.66. The highest BCUT2D eigenvalue weighted by atomic mass is 16.5. The number of esters is 2. The summed E-state index contributed by atoms with van der Waals surface area (Å²) in [6.07, 6.45) is 5.36. The van der Waals surface area contributed by atoms with E-state index >= 15 is 0 Å². The summed E-state index contributed by atoms with van der Waals surface area (Å²) in [5.74, 6) is -0.889. The number of ether oxygens (including phenoxy) is 2. The lowest BCUT2D eigenvalue weighted by atomic mass is 10.2. The molecule has 0 aliphatic carbocycles. The van der Waals surface area contributed by atoms with Gasteiger partial charge >= 0.3 is 11.9 Å². The number of benzene rings is 2. The first-order chi connectivity index (χ1) is 15.1. The van der Waals surface area contributed by atoms with E-state index in [0.717, 1.165) is 17.3 Å². The molecule has 0 heterocycles. The fourth-order valence-corrected chi connectivity index (χ4v) is 2.29. The molecule has 2 rings (SSSR count). The molecule has 0 fully saturated rings. The molecular weight excluding hydrogens is 396 g/mol. The van der Waals surface area contributed by atoms with Gasteiger partial charge in [0.25, 0.3) is 0 Å². The monoisotopic (exact) mass is 420 g/mol. The second-order valence-electron chi connectivity index (χ2n) is 6.19. The molecule has 0 atom stereocenters. The highest BCUT2D eigenvalue weighted by Crippen LogP contribution is 2.22. The van der Waals surface area contributed by atoms with Crippen molar-refractivity contribution in [3.05, 3.63) is 72.8 Å². The minimum atomic E-state index is -0.457. The SMILES string of the molecule is C=CC(=O)OCCCCOC(=O)C=Cc1ccc(N=Nc2ccc(N=NC)cc2)cc1. The average Bonchev–Trinajstić information content (AvgIpc) is 2.80. The Balaban J connectivity index is 1.74. The Hall–Kier alpha value is -3.94. The van der Waals surface area contributed by atoms with E-state index in [-0.39, 0.29) is 13.2 Å². The summed E-state index contributed by atoms with van der Waals surface area (Å²) in [6, 6.07) is 14.5. The second kappa shape index (κ2) is 13.3. The molecule has 0 spiro atoms. The largest absolute Gasteiger partial charge is 0.463 e. The van der Waals surface area contributed by atoms with Gasteiger partial charge in [0.05, 0.1) is 30.3 Å². The van der Waals surface area contributed by atoms with Crippen LogP contribution in [0.25, 0.3) is 6.08 Å². The van der Waals surface area contributed by atoms with Crippen molar-refractivity contribution in [2.75, 3.05) is 20.3 Å². The summed E-state index contributed by atoms with van der Waals surface area (Å²) in [7, 11) is 1.62. The van der Waals surface area contributed by atoms with Crippen LogP contribution in [0.4, 0.5) is 17.1 Å². The Morgan fingerprint density at radius 1 is 0.806 bits per heavy atom. The molecule has 0 bridgehead atoms. The number of rotatable bonds is 11. The van der Waals surface area contributed by atoms with Crippen molar-refractivity contribution < 1.29 is 19.1 Å². The molecule has 2 aromatic carbocycles. The number of carbonyl (C=O) groups excluding carboxylic acids is 2. The van der Waals surface area contributed by atoms with Gasteiger partial charge in [0.15, 0.2) is 0 Å². The average molecular weight is 420 g/mol. The van der Waals surface area contributed by atoms with Gasteiger partial charge in [-0.15, -0.1) is 0 Å². The van der Waals surface area contributed by atoms with Gasteiger partial charge in [0.2, 0.25) is 0 Å². The molecule has 8 nitrogen and oxygen atoms in total. The highest BCUT2D eigenvalue weighted by Gasteiger charge is 1.99. The quantitative estimate of drug-likeness (QED) is 0.196. The summed E-state index contributed by atoms with van der Waals surface area (Å²) < 4.78 is 9.94. The fraction of sp³-hybridized carbons (Fsp3) is 0.217. The van der Waals surface area contributed by atoms with E-state index in [9.17, 15) is 9.59 Å². The van der Waals surface area contributed by atoms with Crippen LogP contribution in [0.3, 0.4) is 0 Å². The predicted molar refractivity (Wildman–Crippen MR) is 118 cm³/mol. The van der Waals surface area contributed by atoms with Crippen LogP contribution >= 0.6 is 0 Å². The number of hydrogen-bond donors (Lipinski definition) is 0. The zero-order valence-electron chi connectivity index (χ0n) is 17.3. The molecular formula is C23H24N4O4. The zero-order valence-corrected chi connectivity index (χ0v) is 17.3. The van der Waals surface area contributed by atoms with Gasteiger partial charge in [-0.2, -0.15) is 20.5 Å². The number of unbranched alkanes of at least 4 members (excludes halogenated alkanes) is 1. The van der Waals surface area contributed by atoms with Gasteiger partial charge < -0.3 is 9.47 Å². The third-order valence-electron chi connectivity index (χ3n) is 3.85. The van der Waals surface area contributed by atoms with Crippen LogP contribution in [0.15, 0.2) is 87.7 Å². The van der Waals surface area contributed by atoms with Gasteiger partial charge in [-0.1, -0.05) is 18.7 Å². The first kappa shape index (κ1) is 23.3. The van der Waals surface area contributed by atoms with Crippen LogP contribution in [-0.2, 0) is 19.1 Å². The van der Waals surface area contributed by atoms with E-state index in [1.165, 1.54) is 6.08 Å². The van der Waals surface area contributed by atoms with Gasteiger partial charge in [0, 0.05) is 19.2 Å². The maximum Gasteiger partial charge on any atom is 0.330 e. The van der Waals surface area contributed by atoms with E-state index in [1.807, 2.05) is 36.4 Å². The maximum atomic E-state index is 11.7. The number of nitrogens with zero attached hydrogens (tertiary/aromatic N) is 4. The minimum Gasteiger partial charge on any atom is -0.463 e. The lowest BCUT2D eigenvalue weighted by Crippen LogP contribution is -2.05. The Bertz CT molecular complexity index is 949. The summed E-state index contributed by atoms with van der Waals surface area (Å²) in [6.45, 7) is 3.85. The number of carbonyl (C=O) groups is 2. The Kier molecular flexibility index (Phi) is 10.0. The third kappa shape index (κ3) is 9.40. The summed E-state index contributed by atoms with van der Waals surface area (Å²) >= 11 is 0. The van der Waals surface area contributed by atoms with Crippen LogP contribution in [-0.4, -0.2) is 32.2 Å². The Morgan fingerprint density at radius 2 is 1.29 bits per heavy atom. The molecule has 0 aliphatic rings. The number of hydrogen-bond acceptors (Lipinski definition) is 8. The van der Waals surface area contributed by atoms with Gasteiger partial charge in [-0.25, -0.2) is 9.59 Å². The standard InChI is InChI=1S/C23H24N4O4/c1-3-22(28)30-16-4-5-17-31-23(29)15-8-18-6-9-20(10-7-18)26-27-21-13-11-19(12-14-21)25-24-2/h3,6-15H,1,4-5,16-17H2,2H3. The second-order valence-corrected chi connectivity index (χ2v) is 6.19. The Labute approximate surface area is 181 Å². The normalized spacial score (nSPS) is 11.3. The Morgan fingerprint density at radius 3 is 1.81 bits per heavy atom. The smallest absolute Gasteiger partial charge is 0.330 e. The molecule has 2 aromatic rings. The van der Waals surface area contributed by atoms with Crippen molar-refractivity contribution in [3.63, 3.8) is 0 Å². The van der Waals surface area contributed by atoms with Crippen LogP contribution in [0.2, 0.25) is 0 Å². The van der Waals surface area contributed by atoms with E-state index in [2.05, 4.69) is 27.0 Å². The predicted octanol–water partition coefficient (Wildman–Crippen LogP) is 5.88. The van der Waals surface area contributed by atoms with E-state index in [0.29, 0.717) is 24.2 Å². The van der Waals surface area contributed by atoms with Crippen molar-refractivity contribution in [1.29, 1.82) is 0 Å². The van der Waals surface area contributed by atoms with Gasteiger partial charge in [-0.05, 0) is 60.9 Å².